The summed E-state index contributed by atoms with van der Waals surface area (Å²) >= 11 is 1.94. The van der Waals surface area contributed by atoms with Crippen LogP contribution in [-0.4, -0.2) is 18.7 Å². The first-order valence-electron chi connectivity index (χ1n) is 5.97. The molecule has 1 aromatic heterocycles. The van der Waals surface area contributed by atoms with Gasteiger partial charge in [-0.2, -0.15) is 20.1 Å². The Labute approximate surface area is 129 Å². The highest BCUT2D eigenvalue weighted by Crippen LogP contribution is 2.34. The quantitative estimate of drug-likeness (QED) is 0.426. The standard InChI is InChI=1S/C15H12F2O2S2/c1-19-13-8-11(3-5-14(13)21-15(16)17)12(18)4-2-10-6-7-20-9-10/h2-9,15H,1H3. The van der Waals surface area contributed by atoms with Gasteiger partial charge in [0, 0.05) is 5.56 Å². The summed E-state index contributed by atoms with van der Waals surface area (Å²) in [6.07, 6.45) is 3.17. The first kappa shape index (κ1) is 15.7. The molecule has 1 heterocycles. The number of carbonyl (C=O) groups excluding carboxylic acids is 1. The molecule has 0 saturated carbocycles. The molecule has 21 heavy (non-hydrogen) atoms. The van der Waals surface area contributed by atoms with Crippen molar-refractivity contribution in [3.63, 3.8) is 0 Å². The number of alkyl halides is 2. The van der Waals surface area contributed by atoms with Crippen molar-refractivity contribution in [1.29, 1.82) is 0 Å². The van der Waals surface area contributed by atoms with E-state index in [1.807, 2.05) is 16.8 Å². The van der Waals surface area contributed by atoms with Crippen molar-refractivity contribution >= 4 is 35.0 Å². The van der Waals surface area contributed by atoms with E-state index in [9.17, 15) is 13.6 Å². The minimum atomic E-state index is -2.53. The van der Waals surface area contributed by atoms with Crippen LogP contribution >= 0.6 is 23.1 Å². The molecule has 2 nitrogen and oxygen atoms in total. The highest BCUT2D eigenvalue weighted by atomic mass is 32.2. The Kier molecular flexibility index (Phi) is 5.52. The number of carbonyl (C=O) groups is 1. The second kappa shape index (κ2) is 7.38. The van der Waals surface area contributed by atoms with Gasteiger partial charge in [0.25, 0.3) is 5.76 Å². The summed E-state index contributed by atoms with van der Waals surface area (Å²) in [6.45, 7) is 0. The molecule has 0 aliphatic rings. The topological polar surface area (TPSA) is 26.3 Å². The van der Waals surface area contributed by atoms with Gasteiger partial charge >= 0.3 is 0 Å². The number of rotatable bonds is 6. The van der Waals surface area contributed by atoms with E-state index in [1.165, 1.54) is 31.4 Å². The lowest BCUT2D eigenvalue weighted by Crippen LogP contribution is -1.97. The van der Waals surface area contributed by atoms with Gasteiger partial charge in [0.2, 0.25) is 0 Å². The average Bonchev–Trinajstić information content (AvgIpc) is 2.98. The molecule has 0 amide bonds. The highest BCUT2D eigenvalue weighted by Gasteiger charge is 2.13. The molecule has 0 bridgehead atoms. The Hall–Kier alpha value is -1.66. The van der Waals surface area contributed by atoms with Gasteiger partial charge in [0.1, 0.15) is 5.75 Å². The van der Waals surface area contributed by atoms with Gasteiger partial charge in [0.15, 0.2) is 5.78 Å². The smallest absolute Gasteiger partial charge is 0.289 e. The Bertz CT molecular complexity index is 637. The maximum atomic E-state index is 12.4. The highest BCUT2D eigenvalue weighted by molar-refractivity contribution is 7.99. The molecular formula is C15H12F2O2S2. The molecule has 110 valence electrons. The number of hydrogen-bond donors (Lipinski definition) is 0. The molecule has 0 spiro atoms. The van der Waals surface area contributed by atoms with Gasteiger partial charge in [-0.15, -0.1) is 0 Å². The number of thioether (sulfide) groups is 1. The lowest BCUT2D eigenvalue weighted by molar-refractivity contribution is 0.104. The first-order chi connectivity index (χ1) is 10.1. The fourth-order valence-corrected chi connectivity index (χ4v) is 2.88. The van der Waals surface area contributed by atoms with Crippen molar-refractivity contribution < 1.29 is 18.3 Å². The minimum Gasteiger partial charge on any atom is -0.496 e. The molecule has 2 rings (SSSR count). The number of ketones is 1. The van der Waals surface area contributed by atoms with E-state index < -0.39 is 5.76 Å². The van der Waals surface area contributed by atoms with Crippen LogP contribution in [0.15, 0.2) is 46.0 Å². The molecule has 0 fully saturated rings. The summed E-state index contributed by atoms with van der Waals surface area (Å²) in [6, 6.07) is 6.37. The second-order valence-electron chi connectivity index (χ2n) is 4.00. The summed E-state index contributed by atoms with van der Waals surface area (Å²) in [5, 5.41) is 3.84. The summed E-state index contributed by atoms with van der Waals surface area (Å²) in [7, 11) is 1.39. The Morgan fingerprint density at radius 1 is 1.38 bits per heavy atom. The predicted octanol–water partition coefficient (Wildman–Crippen LogP) is 4.97. The number of methoxy groups -OCH3 is 1. The SMILES string of the molecule is COc1cc(C(=O)C=Cc2ccsc2)ccc1SC(F)F. The second-order valence-corrected chi connectivity index (χ2v) is 5.81. The number of allylic oxidation sites excluding steroid dienone is 1. The molecule has 1 aromatic carbocycles. The van der Waals surface area contributed by atoms with Gasteiger partial charge in [0.05, 0.1) is 12.0 Å². The maximum Gasteiger partial charge on any atom is 0.289 e. The normalized spacial score (nSPS) is 11.2. The van der Waals surface area contributed by atoms with Crippen LogP contribution < -0.4 is 4.74 Å². The zero-order valence-electron chi connectivity index (χ0n) is 11.1. The summed E-state index contributed by atoms with van der Waals surface area (Å²) in [5.41, 5.74) is 1.35. The zero-order chi connectivity index (χ0) is 15.2. The van der Waals surface area contributed by atoms with Crippen LogP contribution in [0, 0.1) is 0 Å². The van der Waals surface area contributed by atoms with Crippen LogP contribution in [0.2, 0.25) is 0 Å². The zero-order valence-corrected chi connectivity index (χ0v) is 12.7. The van der Waals surface area contributed by atoms with Crippen molar-refractivity contribution in [1.82, 2.24) is 0 Å². The first-order valence-corrected chi connectivity index (χ1v) is 7.80. The lowest BCUT2D eigenvalue weighted by Gasteiger charge is -2.08. The lowest BCUT2D eigenvalue weighted by atomic mass is 10.1. The molecular weight excluding hydrogens is 314 g/mol. The van der Waals surface area contributed by atoms with Crippen molar-refractivity contribution in [2.24, 2.45) is 0 Å². The predicted molar refractivity (Wildman–Crippen MR) is 82.5 cm³/mol. The monoisotopic (exact) mass is 326 g/mol. The molecule has 2 aromatic rings. The van der Waals surface area contributed by atoms with Crippen LogP contribution in [0.3, 0.4) is 0 Å². The largest absolute Gasteiger partial charge is 0.496 e. The van der Waals surface area contributed by atoms with Gasteiger partial charge < -0.3 is 4.74 Å². The molecule has 0 aliphatic heterocycles. The molecule has 0 N–H and O–H groups in total. The molecule has 6 heteroatoms. The van der Waals surface area contributed by atoms with E-state index >= 15 is 0 Å². The van der Waals surface area contributed by atoms with E-state index in [4.69, 9.17) is 4.74 Å². The van der Waals surface area contributed by atoms with Crippen LogP contribution in [-0.2, 0) is 0 Å². The van der Waals surface area contributed by atoms with Gasteiger partial charge in [-0.25, -0.2) is 0 Å². The van der Waals surface area contributed by atoms with E-state index in [0.29, 0.717) is 22.2 Å². The van der Waals surface area contributed by atoms with Gasteiger partial charge in [-0.3, -0.25) is 4.79 Å². The third-order valence-corrected chi connectivity index (χ3v) is 4.11. The van der Waals surface area contributed by atoms with Crippen LogP contribution in [0.25, 0.3) is 6.08 Å². The molecule has 0 radical (unpaired) electrons. The number of hydrogen-bond acceptors (Lipinski definition) is 4. The summed E-state index contributed by atoms with van der Waals surface area (Å²) < 4.78 is 29.9. The van der Waals surface area contributed by atoms with E-state index in [0.717, 1.165) is 5.56 Å². The van der Waals surface area contributed by atoms with E-state index in [2.05, 4.69) is 0 Å². The minimum absolute atomic E-state index is 0.201. The van der Waals surface area contributed by atoms with E-state index in [-0.39, 0.29) is 11.5 Å². The van der Waals surface area contributed by atoms with Crippen molar-refractivity contribution in [2.75, 3.05) is 7.11 Å². The fraction of sp³-hybridized carbons (Fsp3) is 0.133. The van der Waals surface area contributed by atoms with E-state index in [1.54, 1.807) is 17.4 Å². The van der Waals surface area contributed by atoms with Crippen molar-refractivity contribution in [3.05, 3.63) is 52.2 Å². The maximum absolute atomic E-state index is 12.4. The number of halogens is 2. The van der Waals surface area contributed by atoms with Crippen molar-refractivity contribution in [3.8, 4) is 5.75 Å². The Morgan fingerprint density at radius 2 is 2.19 bits per heavy atom. The molecule has 0 aliphatic carbocycles. The van der Waals surface area contributed by atoms with Crippen LogP contribution in [0.5, 0.6) is 5.75 Å². The molecule has 0 unspecified atom stereocenters. The van der Waals surface area contributed by atoms with Gasteiger partial charge in [-0.05, 0) is 46.7 Å². The molecule has 0 atom stereocenters. The third-order valence-electron chi connectivity index (χ3n) is 2.63. The van der Waals surface area contributed by atoms with Crippen molar-refractivity contribution in [2.45, 2.75) is 10.7 Å². The Balaban J connectivity index is 2.18. The van der Waals surface area contributed by atoms with Crippen LogP contribution in [0.1, 0.15) is 15.9 Å². The number of benzene rings is 1. The third kappa shape index (κ3) is 4.41. The fourth-order valence-electron chi connectivity index (χ4n) is 1.65. The summed E-state index contributed by atoms with van der Waals surface area (Å²) in [5.74, 6) is -2.46. The number of ether oxygens (including phenoxy) is 1. The summed E-state index contributed by atoms with van der Waals surface area (Å²) in [4.78, 5) is 12.4. The average molecular weight is 326 g/mol. The number of thiophene rings is 1. The van der Waals surface area contributed by atoms with Gasteiger partial charge in [-0.1, -0.05) is 17.8 Å². The Morgan fingerprint density at radius 3 is 2.81 bits per heavy atom. The molecule has 0 saturated heterocycles. The van der Waals surface area contributed by atoms with Crippen LogP contribution in [0.4, 0.5) is 8.78 Å².